The minimum Gasteiger partial charge on any atom is -0.303 e. The monoisotopic (exact) mass is 250 g/mol. The average molecular weight is 251 g/mol. The number of aromatic nitrogens is 3. The van der Waals surface area contributed by atoms with Crippen LogP contribution in [0.1, 0.15) is 18.7 Å². The largest absolute Gasteiger partial charge is 0.303 e. The normalized spacial score (nSPS) is 17.0. The van der Waals surface area contributed by atoms with Crippen LogP contribution in [0.2, 0.25) is 5.02 Å². The number of hydrogen-bond acceptors (Lipinski definition) is 3. The highest BCUT2D eigenvalue weighted by Gasteiger charge is 2.13. The molecule has 2 aromatic heterocycles. The van der Waals surface area contributed by atoms with Gasteiger partial charge in [-0.05, 0) is 32.0 Å². The molecule has 0 amide bonds. The molecule has 90 valence electrons. The van der Waals surface area contributed by atoms with Crippen LogP contribution in [0.5, 0.6) is 0 Å². The predicted octanol–water partition coefficient (Wildman–Crippen LogP) is 2.02. The molecule has 2 aromatic rings. The van der Waals surface area contributed by atoms with Crippen molar-refractivity contribution in [3.63, 3.8) is 0 Å². The molecular weight excluding hydrogens is 236 g/mol. The molecule has 4 nitrogen and oxygen atoms in total. The molecule has 0 atom stereocenters. The third-order valence-corrected chi connectivity index (χ3v) is 3.53. The van der Waals surface area contributed by atoms with E-state index in [1.807, 2.05) is 22.7 Å². The quantitative estimate of drug-likeness (QED) is 0.836. The second-order valence-electron chi connectivity index (χ2n) is 4.49. The number of pyridine rings is 1. The summed E-state index contributed by atoms with van der Waals surface area (Å²) in [5, 5.41) is 9.06. The van der Waals surface area contributed by atoms with Crippen molar-refractivity contribution in [1.29, 1.82) is 0 Å². The fourth-order valence-corrected chi connectivity index (χ4v) is 2.50. The Morgan fingerprint density at radius 1 is 1.24 bits per heavy atom. The summed E-state index contributed by atoms with van der Waals surface area (Å²) in [6.07, 6.45) is 5.55. The van der Waals surface area contributed by atoms with Crippen LogP contribution in [0.3, 0.4) is 0 Å². The smallest absolute Gasteiger partial charge is 0.162 e. The van der Waals surface area contributed by atoms with E-state index in [1.54, 1.807) is 0 Å². The molecule has 0 N–H and O–H groups in total. The Kier molecular flexibility index (Phi) is 2.99. The maximum Gasteiger partial charge on any atom is 0.162 e. The van der Waals surface area contributed by atoms with E-state index in [0.717, 1.165) is 24.4 Å². The Bertz CT molecular complexity index is 516. The maximum atomic E-state index is 5.92. The summed E-state index contributed by atoms with van der Waals surface area (Å²) in [4.78, 5) is 2.48. The molecule has 3 heterocycles. The van der Waals surface area contributed by atoms with Gasteiger partial charge in [0, 0.05) is 30.3 Å². The zero-order valence-electron chi connectivity index (χ0n) is 9.64. The number of rotatable bonds is 3. The zero-order valence-corrected chi connectivity index (χ0v) is 10.4. The van der Waals surface area contributed by atoms with Crippen LogP contribution >= 0.6 is 11.6 Å². The molecule has 1 saturated heterocycles. The van der Waals surface area contributed by atoms with E-state index in [9.17, 15) is 0 Å². The van der Waals surface area contributed by atoms with Crippen molar-refractivity contribution in [2.45, 2.75) is 19.3 Å². The third-order valence-electron chi connectivity index (χ3n) is 3.29. The minimum atomic E-state index is 0.705. The van der Waals surface area contributed by atoms with Crippen LogP contribution in [-0.4, -0.2) is 39.1 Å². The predicted molar refractivity (Wildman–Crippen MR) is 67.4 cm³/mol. The standard InChI is InChI=1S/C12H15ClN4/c13-10-3-8-17-11(14-15-12(17)9-10)4-7-16-5-1-2-6-16/h3,8-9H,1-2,4-7H2. The molecule has 3 rings (SSSR count). The van der Waals surface area contributed by atoms with Gasteiger partial charge in [-0.15, -0.1) is 10.2 Å². The summed E-state index contributed by atoms with van der Waals surface area (Å²) in [6.45, 7) is 3.52. The first-order valence-corrected chi connectivity index (χ1v) is 6.42. The molecule has 0 saturated carbocycles. The van der Waals surface area contributed by atoms with Crippen molar-refractivity contribution in [2.24, 2.45) is 0 Å². The van der Waals surface area contributed by atoms with Gasteiger partial charge in [0.05, 0.1) is 0 Å². The van der Waals surface area contributed by atoms with Crippen LogP contribution in [0.4, 0.5) is 0 Å². The van der Waals surface area contributed by atoms with Gasteiger partial charge in [0.25, 0.3) is 0 Å². The Hall–Kier alpha value is -1.13. The lowest BCUT2D eigenvalue weighted by Crippen LogP contribution is -2.22. The highest BCUT2D eigenvalue weighted by atomic mass is 35.5. The molecule has 0 aliphatic carbocycles. The number of fused-ring (bicyclic) bond motifs is 1. The van der Waals surface area contributed by atoms with E-state index >= 15 is 0 Å². The first kappa shape index (κ1) is 11.0. The van der Waals surface area contributed by atoms with Gasteiger partial charge >= 0.3 is 0 Å². The average Bonchev–Trinajstić information content (AvgIpc) is 2.94. The highest BCUT2D eigenvalue weighted by molar-refractivity contribution is 6.30. The van der Waals surface area contributed by atoms with Gasteiger partial charge in [-0.3, -0.25) is 4.40 Å². The molecule has 0 bridgehead atoms. The lowest BCUT2D eigenvalue weighted by atomic mass is 10.3. The maximum absolute atomic E-state index is 5.92. The zero-order chi connectivity index (χ0) is 11.7. The molecule has 0 spiro atoms. The number of nitrogens with zero attached hydrogens (tertiary/aromatic N) is 4. The molecule has 5 heteroatoms. The van der Waals surface area contributed by atoms with Crippen molar-refractivity contribution in [2.75, 3.05) is 19.6 Å². The van der Waals surface area contributed by atoms with E-state index in [1.165, 1.54) is 25.9 Å². The summed E-state index contributed by atoms with van der Waals surface area (Å²) < 4.78 is 2.02. The van der Waals surface area contributed by atoms with Crippen LogP contribution in [0.25, 0.3) is 5.65 Å². The van der Waals surface area contributed by atoms with E-state index in [-0.39, 0.29) is 0 Å². The van der Waals surface area contributed by atoms with Crippen molar-refractivity contribution < 1.29 is 0 Å². The summed E-state index contributed by atoms with van der Waals surface area (Å²) >= 11 is 5.92. The van der Waals surface area contributed by atoms with E-state index in [2.05, 4.69) is 15.1 Å². The van der Waals surface area contributed by atoms with Gasteiger partial charge in [-0.2, -0.15) is 0 Å². The van der Waals surface area contributed by atoms with E-state index < -0.39 is 0 Å². The topological polar surface area (TPSA) is 33.4 Å². The van der Waals surface area contributed by atoms with Crippen molar-refractivity contribution in [3.8, 4) is 0 Å². The number of halogens is 1. The Labute approximate surface area is 105 Å². The van der Waals surface area contributed by atoms with Crippen molar-refractivity contribution >= 4 is 17.2 Å². The summed E-state index contributed by atoms with van der Waals surface area (Å²) in [6, 6.07) is 3.71. The van der Waals surface area contributed by atoms with Crippen molar-refractivity contribution in [1.82, 2.24) is 19.5 Å². The summed E-state index contributed by atoms with van der Waals surface area (Å²) in [7, 11) is 0. The first-order valence-electron chi connectivity index (χ1n) is 6.04. The molecule has 1 fully saturated rings. The number of likely N-dealkylation sites (tertiary alicyclic amines) is 1. The van der Waals surface area contributed by atoms with E-state index in [4.69, 9.17) is 11.6 Å². The van der Waals surface area contributed by atoms with Gasteiger partial charge in [0.15, 0.2) is 5.65 Å². The lowest BCUT2D eigenvalue weighted by Gasteiger charge is -2.12. The molecule has 0 radical (unpaired) electrons. The molecule has 1 aliphatic heterocycles. The minimum absolute atomic E-state index is 0.705. The second-order valence-corrected chi connectivity index (χ2v) is 4.92. The molecule has 17 heavy (non-hydrogen) atoms. The number of hydrogen-bond donors (Lipinski definition) is 0. The van der Waals surface area contributed by atoms with Crippen molar-refractivity contribution in [3.05, 3.63) is 29.2 Å². The van der Waals surface area contributed by atoms with Gasteiger partial charge in [-0.25, -0.2) is 0 Å². The Morgan fingerprint density at radius 2 is 2.06 bits per heavy atom. The van der Waals surface area contributed by atoms with Crippen LogP contribution in [0, 0.1) is 0 Å². The lowest BCUT2D eigenvalue weighted by molar-refractivity contribution is 0.340. The van der Waals surface area contributed by atoms with Crippen LogP contribution in [-0.2, 0) is 6.42 Å². The second kappa shape index (κ2) is 4.63. The fraction of sp³-hybridized carbons (Fsp3) is 0.500. The highest BCUT2D eigenvalue weighted by Crippen LogP contribution is 2.13. The fourth-order valence-electron chi connectivity index (χ4n) is 2.35. The van der Waals surface area contributed by atoms with Gasteiger partial charge in [0.1, 0.15) is 5.82 Å². The van der Waals surface area contributed by atoms with Gasteiger partial charge in [0.2, 0.25) is 0 Å². The van der Waals surface area contributed by atoms with E-state index in [0.29, 0.717) is 5.02 Å². The van der Waals surface area contributed by atoms with Crippen LogP contribution < -0.4 is 0 Å². The molecular formula is C12H15ClN4. The molecule has 1 aliphatic rings. The molecule has 0 aromatic carbocycles. The van der Waals surface area contributed by atoms with Gasteiger partial charge < -0.3 is 4.90 Å². The van der Waals surface area contributed by atoms with Crippen LogP contribution in [0.15, 0.2) is 18.3 Å². The Balaban J connectivity index is 1.76. The Morgan fingerprint density at radius 3 is 2.88 bits per heavy atom. The summed E-state index contributed by atoms with van der Waals surface area (Å²) in [5.74, 6) is 1.02. The molecule has 0 unspecified atom stereocenters. The van der Waals surface area contributed by atoms with Gasteiger partial charge in [-0.1, -0.05) is 11.6 Å². The SMILES string of the molecule is Clc1ccn2c(CCN3CCCC3)nnc2c1. The first-order chi connectivity index (χ1) is 8.33. The third kappa shape index (κ3) is 2.28. The summed E-state index contributed by atoms with van der Waals surface area (Å²) in [5.41, 5.74) is 0.828.